The zero-order valence-electron chi connectivity index (χ0n) is 11.4. The number of aryl methyl sites for hydroxylation is 1. The minimum atomic E-state index is -0.206. The lowest BCUT2D eigenvalue weighted by atomic mass is 10.3. The van der Waals surface area contributed by atoms with Gasteiger partial charge in [0.25, 0.3) is 0 Å². The highest BCUT2D eigenvalue weighted by atomic mass is 127. The first-order chi connectivity index (χ1) is 9.52. The van der Waals surface area contributed by atoms with Crippen molar-refractivity contribution in [3.63, 3.8) is 0 Å². The molecule has 0 radical (unpaired) electrons. The van der Waals surface area contributed by atoms with Crippen LogP contribution in [0.2, 0.25) is 0 Å². The van der Waals surface area contributed by atoms with Crippen molar-refractivity contribution in [1.29, 1.82) is 0 Å². The molecule has 1 heterocycles. The number of benzene rings is 1. The zero-order chi connectivity index (χ0) is 14.7. The number of imidazole rings is 1. The number of nitrogens with zero attached hydrogens (tertiary/aromatic N) is 2. The fourth-order valence-electron chi connectivity index (χ4n) is 2.10. The average molecular weight is 407 g/mol. The van der Waals surface area contributed by atoms with Crippen molar-refractivity contribution in [3.8, 4) is 0 Å². The van der Waals surface area contributed by atoms with E-state index in [4.69, 9.17) is 16.3 Å². The summed E-state index contributed by atoms with van der Waals surface area (Å²) < 4.78 is 8.09. The molecule has 0 aliphatic heterocycles. The lowest BCUT2D eigenvalue weighted by Crippen LogP contribution is -2.11. The highest BCUT2D eigenvalue weighted by molar-refractivity contribution is 14.1. The standard InChI is InChI=1S/C14H16ClIN2O2/c1-3-20-13(19)6-7-18-12-5-4-10(16)8-11(12)17-14(18)9(2)15/h4-5,8-9H,3,6-7H2,1-2H3. The van der Waals surface area contributed by atoms with Gasteiger partial charge in [0.15, 0.2) is 0 Å². The van der Waals surface area contributed by atoms with Crippen molar-refractivity contribution >= 4 is 51.2 Å². The van der Waals surface area contributed by atoms with Gasteiger partial charge in [0.1, 0.15) is 5.82 Å². The number of ether oxygens (including phenoxy) is 1. The third-order valence-electron chi connectivity index (χ3n) is 2.94. The molecule has 0 aliphatic rings. The lowest BCUT2D eigenvalue weighted by Gasteiger charge is -2.10. The maximum Gasteiger partial charge on any atom is 0.307 e. The average Bonchev–Trinajstić information content (AvgIpc) is 2.74. The monoisotopic (exact) mass is 406 g/mol. The second kappa shape index (κ2) is 6.76. The first-order valence-corrected chi connectivity index (χ1v) is 7.99. The van der Waals surface area contributed by atoms with Crippen LogP contribution in [0.1, 0.15) is 31.5 Å². The van der Waals surface area contributed by atoms with Crippen LogP contribution >= 0.6 is 34.2 Å². The predicted octanol–water partition coefficient (Wildman–Crippen LogP) is 3.89. The van der Waals surface area contributed by atoms with Gasteiger partial charge in [0.2, 0.25) is 0 Å². The van der Waals surface area contributed by atoms with Gasteiger partial charge < -0.3 is 9.30 Å². The van der Waals surface area contributed by atoms with Crippen molar-refractivity contribution in [1.82, 2.24) is 9.55 Å². The summed E-state index contributed by atoms with van der Waals surface area (Å²) in [5, 5.41) is -0.206. The molecule has 6 heteroatoms. The number of esters is 1. The first-order valence-electron chi connectivity index (χ1n) is 6.48. The van der Waals surface area contributed by atoms with Crippen molar-refractivity contribution in [3.05, 3.63) is 27.6 Å². The topological polar surface area (TPSA) is 44.1 Å². The summed E-state index contributed by atoms with van der Waals surface area (Å²) >= 11 is 8.45. The van der Waals surface area contributed by atoms with E-state index in [-0.39, 0.29) is 11.3 Å². The van der Waals surface area contributed by atoms with E-state index >= 15 is 0 Å². The van der Waals surface area contributed by atoms with Crippen LogP contribution in [0.3, 0.4) is 0 Å². The molecule has 2 rings (SSSR count). The van der Waals surface area contributed by atoms with E-state index in [1.54, 1.807) is 6.92 Å². The maximum atomic E-state index is 11.5. The number of rotatable bonds is 5. The Kier molecular flexibility index (Phi) is 5.26. The molecule has 0 N–H and O–H groups in total. The van der Waals surface area contributed by atoms with Gasteiger partial charge in [0, 0.05) is 10.1 Å². The number of hydrogen-bond donors (Lipinski definition) is 0. The number of fused-ring (bicyclic) bond motifs is 1. The molecule has 1 aromatic carbocycles. The number of alkyl halides is 1. The van der Waals surface area contributed by atoms with Gasteiger partial charge in [0.05, 0.1) is 29.4 Å². The van der Waals surface area contributed by atoms with E-state index in [0.29, 0.717) is 19.6 Å². The molecular weight excluding hydrogens is 391 g/mol. The van der Waals surface area contributed by atoms with E-state index < -0.39 is 0 Å². The fourth-order valence-corrected chi connectivity index (χ4v) is 2.74. The summed E-state index contributed by atoms with van der Waals surface area (Å²) in [7, 11) is 0. The smallest absolute Gasteiger partial charge is 0.307 e. The van der Waals surface area contributed by atoms with Gasteiger partial charge in [-0.05, 0) is 54.6 Å². The number of halogens is 2. The second-order valence-corrected chi connectivity index (χ2v) is 6.33. The molecule has 1 unspecified atom stereocenters. The maximum absolute atomic E-state index is 11.5. The van der Waals surface area contributed by atoms with E-state index in [1.807, 2.05) is 29.7 Å². The summed E-state index contributed by atoms with van der Waals surface area (Å²) in [5.41, 5.74) is 1.90. The van der Waals surface area contributed by atoms with Gasteiger partial charge in [-0.1, -0.05) is 0 Å². The molecule has 0 bridgehead atoms. The third-order valence-corrected chi connectivity index (χ3v) is 3.81. The van der Waals surface area contributed by atoms with Gasteiger partial charge in [-0.2, -0.15) is 0 Å². The SMILES string of the molecule is CCOC(=O)CCn1c(C(C)Cl)nc2cc(I)ccc21. The van der Waals surface area contributed by atoms with E-state index in [0.717, 1.165) is 20.4 Å². The molecular formula is C14H16ClIN2O2. The summed E-state index contributed by atoms with van der Waals surface area (Å²) in [5.74, 6) is 0.584. The normalized spacial score (nSPS) is 12.6. The largest absolute Gasteiger partial charge is 0.466 e. The Labute approximate surface area is 136 Å². The highest BCUT2D eigenvalue weighted by Gasteiger charge is 2.16. The highest BCUT2D eigenvalue weighted by Crippen LogP contribution is 2.26. The van der Waals surface area contributed by atoms with Gasteiger partial charge in [-0.3, -0.25) is 4.79 Å². The molecule has 1 atom stereocenters. The number of hydrogen-bond acceptors (Lipinski definition) is 3. The molecule has 0 saturated heterocycles. The van der Waals surface area contributed by atoms with Crippen LogP contribution in [0.5, 0.6) is 0 Å². The van der Waals surface area contributed by atoms with Crippen molar-refractivity contribution < 1.29 is 9.53 Å². The van der Waals surface area contributed by atoms with Crippen LogP contribution in [0.15, 0.2) is 18.2 Å². The Hall–Kier alpha value is -0.820. The Bertz CT molecular complexity index is 625. The Balaban J connectivity index is 2.34. The number of aromatic nitrogens is 2. The van der Waals surface area contributed by atoms with E-state index in [1.165, 1.54) is 0 Å². The van der Waals surface area contributed by atoms with Gasteiger partial charge >= 0.3 is 5.97 Å². The van der Waals surface area contributed by atoms with Crippen molar-refractivity contribution in [2.45, 2.75) is 32.2 Å². The molecule has 0 amide bonds. The molecule has 0 saturated carbocycles. The van der Waals surface area contributed by atoms with Crippen LogP contribution in [-0.4, -0.2) is 22.1 Å². The quantitative estimate of drug-likeness (QED) is 0.430. The van der Waals surface area contributed by atoms with Crippen LogP contribution in [0.4, 0.5) is 0 Å². The van der Waals surface area contributed by atoms with E-state index in [9.17, 15) is 4.79 Å². The molecule has 108 valence electrons. The van der Waals surface area contributed by atoms with Crippen LogP contribution < -0.4 is 0 Å². The van der Waals surface area contributed by atoms with Crippen LogP contribution in [0, 0.1) is 3.57 Å². The molecule has 2 aromatic rings. The molecule has 20 heavy (non-hydrogen) atoms. The minimum absolute atomic E-state index is 0.201. The Morgan fingerprint density at radius 3 is 2.95 bits per heavy atom. The summed E-state index contributed by atoms with van der Waals surface area (Å²) in [6.45, 7) is 4.62. The first kappa shape index (κ1) is 15.6. The molecule has 0 fully saturated rings. The molecule has 0 aliphatic carbocycles. The third kappa shape index (κ3) is 3.44. The van der Waals surface area contributed by atoms with Crippen molar-refractivity contribution in [2.75, 3.05) is 6.61 Å². The molecule has 1 aromatic heterocycles. The van der Waals surface area contributed by atoms with Crippen LogP contribution in [-0.2, 0) is 16.1 Å². The Morgan fingerprint density at radius 1 is 1.55 bits per heavy atom. The minimum Gasteiger partial charge on any atom is -0.466 e. The number of carbonyl (C=O) groups excluding carboxylic acids is 1. The van der Waals surface area contributed by atoms with Gasteiger partial charge in [-0.25, -0.2) is 4.98 Å². The number of carbonyl (C=O) groups is 1. The van der Waals surface area contributed by atoms with E-state index in [2.05, 4.69) is 27.6 Å². The molecule has 0 spiro atoms. The van der Waals surface area contributed by atoms with Crippen LogP contribution in [0.25, 0.3) is 11.0 Å². The summed E-state index contributed by atoms with van der Waals surface area (Å²) in [4.78, 5) is 16.1. The Morgan fingerprint density at radius 2 is 2.30 bits per heavy atom. The lowest BCUT2D eigenvalue weighted by molar-refractivity contribution is -0.143. The zero-order valence-corrected chi connectivity index (χ0v) is 14.3. The predicted molar refractivity (Wildman–Crippen MR) is 88.0 cm³/mol. The van der Waals surface area contributed by atoms with Crippen molar-refractivity contribution in [2.24, 2.45) is 0 Å². The fraction of sp³-hybridized carbons (Fsp3) is 0.429. The summed E-state index contributed by atoms with van der Waals surface area (Å²) in [6.07, 6.45) is 0.321. The van der Waals surface area contributed by atoms with Gasteiger partial charge in [-0.15, -0.1) is 11.6 Å². The summed E-state index contributed by atoms with van der Waals surface area (Å²) in [6, 6.07) is 6.05. The molecule has 4 nitrogen and oxygen atoms in total. The second-order valence-electron chi connectivity index (χ2n) is 4.43.